The van der Waals surface area contributed by atoms with Crippen molar-refractivity contribution in [2.45, 2.75) is 207 Å². The van der Waals surface area contributed by atoms with E-state index in [-0.39, 0.29) is 116 Å². The highest BCUT2D eigenvalue weighted by molar-refractivity contribution is 8.77. The lowest BCUT2D eigenvalue weighted by Crippen LogP contribution is -2.38. The Bertz CT molecular complexity index is 2350. The number of nitrogens with one attached hydrogen (secondary N) is 9. The lowest BCUT2D eigenvalue weighted by molar-refractivity contribution is -0.156. The highest BCUT2D eigenvalue weighted by Gasteiger charge is 2.43. The van der Waals surface area contributed by atoms with Crippen LogP contribution in [0.1, 0.15) is 165 Å². The molecule has 0 saturated carbocycles. The average molecular weight is 1320 g/mol. The molecule has 5 rings (SSSR count). The van der Waals surface area contributed by atoms with Gasteiger partial charge in [-0.3, -0.25) is 38.4 Å². The van der Waals surface area contributed by atoms with Crippen LogP contribution in [0.2, 0.25) is 0 Å². The topological polar surface area (TPSA) is 316 Å². The molecule has 4 fully saturated rings. The molecule has 8 atom stereocenters. The Hall–Kier alpha value is -4.80. The minimum atomic E-state index is -0.530. The quantitative estimate of drug-likeness (QED) is 0.0166. The molecule has 89 heavy (non-hydrogen) atoms. The van der Waals surface area contributed by atoms with Crippen molar-refractivity contribution in [1.82, 2.24) is 47.9 Å². The third-order valence-electron chi connectivity index (χ3n) is 15.1. The summed E-state index contributed by atoms with van der Waals surface area (Å²) >= 11 is 3.74. The van der Waals surface area contributed by atoms with E-state index < -0.39 is 22.0 Å². The number of hydrogen-bond acceptors (Lipinski definition) is 18. The average Bonchev–Trinajstić information content (AvgIpc) is 2.14. The molecule has 4 heterocycles. The van der Waals surface area contributed by atoms with Crippen LogP contribution in [0, 0.1) is 0 Å². The third-order valence-corrected chi connectivity index (χ3v) is 21.3. The van der Waals surface area contributed by atoms with E-state index in [1.807, 2.05) is 50.4 Å². The standard InChI is InChI=1S/C62H99N9O14S4/c1-41(88-89-42(2)58(78)67-27-29-83-31-33-84-32-30-82-28-22-54(76)85-62(3,4)5)57(77)65-25-26-66-59(79)45-35-43(37-46(72)16-8-6-14-23-63-52(74)20-12-10-18-50-55-48(39-86-50)68-60(80)70-55)34-44(36-45)38-47(73)17-9-7-15-24-64-53(75)21-13-11-19-51-56-49(40-87-51)69-61(81)71-56/h34-36,41-42,48-51,55-56H,6-33,37-40H2,1-5H3,(H,63,74)(H,64,75)(H,65,77)(H,66,79)(H,67,78)(H2,68,70,80)(H2,69,71,81). The predicted octanol–water partition coefficient (Wildman–Crippen LogP) is 5.62. The van der Waals surface area contributed by atoms with Crippen LogP contribution < -0.4 is 47.9 Å². The molecule has 1 aromatic rings. The van der Waals surface area contributed by atoms with Gasteiger partial charge in [0.1, 0.15) is 17.2 Å². The van der Waals surface area contributed by atoms with Crippen molar-refractivity contribution in [3.8, 4) is 0 Å². The van der Waals surface area contributed by atoms with Gasteiger partial charge in [0.05, 0.1) is 80.7 Å². The first-order valence-corrected chi connectivity index (χ1v) is 36.3. The first kappa shape index (κ1) is 74.9. The van der Waals surface area contributed by atoms with E-state index in [1.54, 1.807) is 26.0 Å². The fourth-order valence-electron chi connectivity index (χ4n) is 10.5. The second-order valence-electron chi connectivity index (χ2n) is 24.0. The maximum Gasteiger partial charge on any atom is 0.315 e. The molecule has 0 radical (unpaired) electrons. The third kappa shape index (κ3) is 30.9. The smallest absolute Gasteiger partial charge is 0.315 e. The molecule has 500 valence electrons. The van der Waals surface area contributed by atoms with Gasteiger partial charge < -0.3 is 66.8 Å². The van der Waals surface area contributed by atoms with Crippen LogP contribution in [0.15, 0.2) is 18.2 Å². The molecule has 4 aliphatic heterocycles. The first-order chi connectivity index (χ1) is 42.7. The summed E-state index contributed by atoms with van der Waals surface area (Å²) in [5.41, 5.74) is 1.02. The molecule has 0 aromatic heterocycles. The van der Waals surface area contributed by atoms with E-state index in [4.69, 9.17) is 18.9 Å². The monoisotopic (exact) mass is 1320 g/mol. The van der Waals surface area contributed by atoms with Crippen molar-refractivity contribution in [3.63, 3.8) is 0 Å². The number of amides is 9. The predicted molar refractivity (Wildman–Crippen MR) is 350 cm³/mol. The minimum absolute atomic E-state index is 0.00398. The zero-order valence-electron chi connectivity index (χ0n) is 52.8. The number of hydrogen-bond donors (Lipinski definition) is 9. The molecular formula is C62H99N9O14S4. The van der Waals surface area contributed by atoms with Crippen molar-refractivity contribution in [2.75, 3.05) is 83.9 Å². The van der Waals surface area contributed by atoms with Crippen molar-refractivity contribution in [1.29, 1.82) is 0 Å². The Morgan fingerprint density at radius 3 is 1.46 bits per heavy atom. The molecule has 4 aliphatic rings. The lowest BCUT2D eigenvalue weighted by Gasteiger charge is -2.19. The van der Waals surface area contributed by atoms with E-state index in [0.29, 0.717) is 118 Å². The number of ether oxygens (including phenoxy) is 4. The van der Waals surface area contributed by atoms with E-state index in [1.165, 1.54) is 21.6 Å². The fourth-order valence-corrected chi connectivity index (χ4v) is 15.8. The number of Topliss-reactive ketones (excluding diaryl/α,β-unsaturated/α-hetero) is 2. The maximum absolute atomic E-state index is 13.6. The van der Waals surface area contributed by atoms with Crippen LogP contribution in [0.4, 0.5) is 9.59 Å². The van der Waals surface area contributed by atoms with Crippen molar-refractivity contribution in [2.24, 2.45) is 0 Å². The highest BCUT2D eigenvalue weighted by Crippen LogP contribution is 2.35. The number of benzene rings is 1. The van der Waals surface area contributed by atoms with Crippen LogP contribution in [-0.4, -0.2) is 194 Å². The Morgan fingerprint density at radius 2 is 0.966 bits per heavy atom. The normalized spacial score (nSPS) is 19.8. The summed E-state index contributed by atoms with van der Waals surface area (Å²) in [5, 5.41) is 26.2. The molecule has 0 bridgehead atoms. The van der Waals surface area contributed by atoms with E-state index in [9.17, 15) is 47.9 Å². The molecule has 9 N–H and O–H groups in total. The van der Waals surface area contributed by atoms with Gasteiger partial charge in [-0.1, -0.05) is 53.3 Å². The van der Waals surface area contributed by atoms with Crippen molar-refractivity contribution in [3.05, 3.63) is 34.9 Å². The number of thioether (sulfide) groups is 2. The van der Waals surface area contributed by atoms with Crippen molar-refractivity contribution < 1.29 is 66.9 Å². The molecule has 8 unspecified atom stereocenters. The highest BCUT2D eigenvalue weighted by atomic mass is 33.1. The minimum Gasteiger partial charge on any atom is -0.460 e. The van der Waals surface area contributed by atoms with Gasteiger partial charge in [-0.2, -0.15) is 23.5 Å². The van der Waals surface area contributed by atoms with E-state index >= 15 is 0 Å². The second-order valence-corrected chi connectivity index (χ2v) is 29.5. The number of carbonyl (C=O) groups excluding carboxylic acids is 10. The van der Waals surface area contributed by atoms with Gasteiger partial charge in [0.15, 0.2) is 0 Å². The summed E-state index contributed by atoms with van der Waals surface area (Å²) in [6, 6.07) is 5.66. The molecule has 0 spiro atoms. The van der Waals surface area contributed by atoms with Gasteiger partial charge in [-0.05, 0) is 109 Å². The summed E-state index contributed by atoms with van der Waals surface area (Å²) in [6.07, 6.45) is 11.5. The van der Waals surface area contributed by atoms with Gasteiger partial charge in [-0.15, -0.1) is 0 Å². The van der Waals surface area contributed by atoms with Crippen LogP contribution >= 0.6 is 45.1 Å². The number of carbonyl (C=O) groups is 10. The first-order valence-electron chi connectivity index (χ1n) is 31.9. The summed E-state index contributed by atoms with van der Waals surface area (Å²) in [4.78, 5) is 126. The number of urea groups is 2. The maximum atomic E-state index is 13.6. The number of unbranched alkanes of at least 4 members (excludes halogenated alkanes) is 6. The fraction of sp³-hybridized carbons (Fsp3) is 0.742. The molecule has 0 aliphatic carbocycles. The van der Waals surface area contributed by atoms with Crippen LogP contribution in [0.5, 0.6) is 0 Å². The number of esters is 1. The zero-order chi connectivity index (χ0) is 64.4. The molecule has 27 heteroatoms. The van der Waals surface area contributed by atoms with Crippen molar-refractivity contribution >= 4 is 104 Å². The van der Waals surface area contributed by atoms with Gasteiger partial charge >= 0.3 is 18.0 Å². The summed E-state index contributed by atoms with van der Waals surface area (Å²) in [6.45, 7) is 12.5. The van der Waals surface area contributed by atoms with Gasteiger partial charge in [-0.25, -0.2) is 9.59 Å². The van der Waals surface area contributed by atoms with E-state index in [0.717, 1.165) is 75.7 Å². The zero-order valence-corrected chi connectivity index (χ0v) is 56.1. The summed E-state index contributed by atoms with van der Waals surface area (Å²) in [5.74, 6) is 0.654. The Morgan fingerprint density at radius 1 is 0.517 bits per heavy atom. The van der Waals surface area contributed by atoms with Gasteiger partial charge in [0, 0.05) is 98.8 Å². The number of rotatable bonds is 47. The SMILES string of the molecule is CC(SSC(C)C(=O)NCCOCCOCCOCCC(=O)OC(C)(C)C)C(=O)NCCNC(=O)c1cc(CC(=O)CCCCCNC(=O)CCCCC2SCC3NC(=O)NC32)cc(CC(=O)CCCCCNC(=O)CCCCC2SCC3NC(=O)NC32)c1. The molecule has 9 amide bonds. The van der Waals surface area contributed by atoms with E-state index in [2.05, 4.69) is 47.9 Å². The number of ketones is 2. The molecule has 23 nitrogen and oxygen atoms in total. The largest absolute Gasteiger partial charge is 0.460 e. The second kappa shape index (κ2) is 41.6. The molecule has 4 saturated heterocycles. The van der Waals surface area contributed by atoms with Crippen LogP contribution in [0.3, 0.4) is 0 Å². The summed E-state index contributed by atoms with van der Waals surface area (Å²) < 4.78 is 21.7. The Kier molecular flexibility index (Phi) is 35.0. The molecule has 1 aromatic carbocycles. The molecular weight excluding hydrogens is 1220 g/mol. The Balaban J connectivity index is 0.954. The van der Waals surface area contributed by atoms with Crippen LogP contribution in [-0.2, 0) is 65.4 Å². The summed E-state index contributed by atoms with van der Waals surface area (Å²) in [7, 11) is 2.53. The van der Waals surface area contributed by atoms with Gasteiger partial charge in [0.2, 0.25) is 23.6 Å². The Labute approximate surface area is 542 Å². The van der Waals surface area contributed by atoms with Gasteiger partial charge in [0.25, 0.3) is 5.91 Å². The number of fused-ring (bicyclic) bond motifs is 2. The van der Waals surface area contributed by atoms with Crippen LogP contribution in [0.25, 0.3) is 0 Å². The lowest BCUT2D eigenvalue weighted by atomic mass is 9.96.